The lowest BCUT2D eigenvalue weighted by Gasteiger charge is -2.02. The monoisotopic (exact) mass is 421 g/mol. The zero-order valence-corrected chi connectivity index (χ0v) is 16.9. The van der Waals surface area contributed by atoms with E-state index in [0.717, 1.165) is 11.1 Å². The average molecular weight is 421 g/mol. The van der Waals surface area contributed by atoms with E-state index in [0.29, 0.717) is 11.3 Å². The third kappa shape index (κ3) is 5.47. The fourth-order valence-corrected chi connectivity index (χ4v) is 3.13. The molecule has 3 N–H and O–H groups in total. The number of nitrogens with two attached hydrogens (primary N) is 1. The van der Waals surface area contributed by atoms with E-state index in [-0.39, 0.29) is 22.1 Å². The van der Waals surface area contributed by atoms with Crippen molar-refractivity contribution in [3.8, 4) is 5.75 Å². The lowest BCUT2D eigenvalue weighted by Crippen LogP contribution is -2.11. The van der Waals surface area contributed by atoms with Crippen molar-refractivity contribution in [1.29, 1.82) is 0 Å². The number of rotatable bonds is 6. The van der Waals surface area contributed by atoms with Gasteiger partial charge in [-0.05, 0) is 61.0 Å². The number of aryl methyl sites for hydroxylation is 1. The number of primary sulfonamides is 1. The maximum Gasteiger partial charge on any atom is 0.238 e. The molecule has 8 heteroatoms. The van der Waals surface area contributed by atoms with E-state index < -0.39 is 10.0 Å². The molecule has 7 nitrogen and oxygen atoms in total. The second kappa shape index (κ2) is 8.81. The molecule has 0 radical (unpaired) electrons. The first-order valence-corrected chi connectivity index (χ1v) is 10.4. The molecule has 0 aliphatic rings. The van der Waals surface area contributed by atoms with Crippen molar-refractivity contribution >= 4 is 33.3 Å². The fourth-order valence-electron chi connectivity index (χ4n) is 2.61. The van der Waals surface area contributed by atoms with Gasteiger partial charge in [-0.3, -0.25) is 4.79 Å². The van der Waals surface area contributed by atoms with E-state index in [9.17, 15) is 18.3 Å². The molecule has 0 aliphatic heterocycles. The van der Waals surface area contributed by atoms with Crippen LogP contribution in [-0.2, 0) is 10.0 Å². The first-order valence-electron chi connectivity index (χ1n) is 8.89. The molecule has 0 heterocycles. The number of phenolic OH excluding ortho intramolecular Hbond substituents is 1. The van der Waals surface area contributed by atoms with Crippen LogP contribution < -0.4 is 5.14 Å². The van der Waals surface area contributed by atoms with Crippen LogP contribution in [-0.4, -0.2) is 19.3 Å². The summed E-state index contributed by atoms with van der Waals surface area (Å²) >= 11 is 0. The summed E-state index contributed by atoms with van der Waals surface area (Å²) in [7, 11) is -3.79. The van der Waals surface area contributed by atoms with Crippen molar-refractivity contribution in [2.24, 2.45) is 15.4 Å². The van der Waals surface area contributed by atoms with Gasteiger partial charge in [0, 0.05) is 5.56 Å². The molecule has 3 aromatic rings. The fraction of sp³-hybridized carbons (Fsp3) is 0.0455. The summed E-state index contributed by atoms with van der Waals surface area (Å²) in [6, 6.07) is 17.5. The van der Waals surface area contributed by atoms with Crippen molar-refractivity contribution in [2.75, 3.05) is 0 Å². The number of benzene rings is 3. The average Bonchev–Trinajstić information content (AvgIpc) is 2.71. The number of hydrogen-bond acceptors (Lipinski definition) is 6. The van der Waals surface area contributed by atoms with Gasteiger partial charge in [0.05, 0.1) is 10.6 Å². The molecule has 0 aliphatic carbocycles. The Morgan fingerprint density at radius 3 is 2.40 bits per heavy atom. The van der Waals surface area contributed by atoms with Crippen molar-refractivity contribution in [2.45, 2.75) is 11.8 Å². The summed E-state index contributed by atoms with van der Waals surface area (Å²) in [5, 5.41) is 23.0. The Morgan fingerprint density at radius 1 is 1.00 bits per heavy atom. The SMILES string of the molecule is Cc1cccc(/C=C/C(=O)c2ccc(O)c(N=Nc3ccc(S(N)(=O)=O)cc3)c2)c1. The number of ketones is 1. The Balaban J connectivity index is 1.79. The van der Waals surface area contributed by atoms with Crippen LogP contribution in [0.5, 0.6) is 5.75 Å². The van der Waals surface area contributed by atoms with Crippen LogP contribution in [0.4, 0.5) is 11.4 Å². The van der Waals surface area contributed by atoms with Gasteiger partial charge in [-0.2, -0.15) is 5.11 Å². The minimum Gasteiger partial charge on any atom is -0.506 e. The van der Waals surface area contributed by atoms with E-state index in [1.807, 2.05) is 31.2 Å². The number of sulfonamides is 1. The van der Waals surface area contributed by atoms with Gasteiger partial charge in [0.2, 0.25) is 10.0 Å². The molecule has 0 saturated carbocycles. The molecule has 0 spiro atoms. The van der Waals surface area contributed by atoms with Crippen molar-refractivity contribution in [1.82, 2.24) is 0 Å². The first kappa shape index (κ1) is 21.1. The number of allylic oxidation sites excluding steroid dienone is 1. The van der Waals surface area contributed by atoms with Crippen molar-refractivity contribution in [3.63, 3.8) is 0 Å². The van der Waals surface area contributed by atoms with E-state index in [1.54, 1.807) is 6.08 Å². The second-order valence-corrected chi connectivity index (χ2v) is 8.12. The quantitative estimate of drug-likeness (QED) is 0.341. The van der Waals surface area contributed by atoms with Gasteiger partial charge < -0.3 is 5.11 Å². The summed E-state index contributed by atoms with van der Waals surface area (Å²) in [5.74, 6) is -0.385. The van der Waals surface area contributed by atoms with Crippen LogP contribution in [0.15, 0.2) is 87.9 Å². The van der Waals surface area contributed by atoms with Gasteiger partial charge in [-0.25, -0.2) is 13.6 Å². The highest BCUT2D eigenvalue weighted by Crippen LogP contribution is 2.29. The Morgan fingerprint density at radius 2 is 1.73 bits per heavy atom. The number of aromatic hydroxyl groups is 1. The number of nitrogens with zero attached hydrogens (tertiary/aromatic N) is 2. The molecule has 0 amide bonds. The minimum absolute atomic E-state index is 0.0442. The van der Waals surface area contributed by atoms with E-state index in [2.05, 4.69) is 10.2 Å². The van der Waals surface area contributed by atoms with E-state index in [4.69, 9.17) is 5.14 Å². The van der Waals surface area contributed by atoms with Gasteiger partial charge in [-0.15, -0.1) is 5.11 Å². The molecule has 0 bridgehead atoms. The summed E-state index contributed by atoms with van der Waals surface area (Å²) in [6.07, 6.45) is 3.17. The highest BCUT2D eigenvalue weighted by Gasteiger charge is 2.08. The zero-order chi connectivity index (χ0) is 21.7. The Labute approximate surface area is 174 Å². The zero-order valence-electron chi connectivity index (χ0n) is 16.1. The Bertz CT molecular complexity index is 1250. The molecule has 3 aromatic carbocycles. The largest absolute Gasteiger partial charge is 0.506 e. The second-order valence-electron chi connectivity index (χ2n) is 6.55. The standard InChI is InChI=1S/C22H19N3O4S/c1-15-3-2-4-16(13-15)5-11-21(26)17-6-12-22(27)20(14-17)25-24-18-7-9-19(10-8-18)30(23,28)29/h2-14,27H,1H3,(H2,23,28,29)/b11-5+,25-24?. The maximum absolute atomic E-state index is 12.5. The van der Waals surface area contributed by atoms with Gasteiger partial charge in [0.15, 0.2) is 5.78 Å². The summed E-state index contributed by atoms with van der Waals surface area (Å²) in [6.45, 7) is 1.97. The Kier molecular flexibility index (Phi) is 6.20. The predicted octanol–water partition coefficient (Wildman–Crippen LogP) is 4.66. The van der Waals surface area contributed by atoms with Crippen LogP contribution in [0.2, 0.25) is 0 Å². The van der Waals surface area contributed by atoms with Crippen LogP contribution in [0.25, 0.3) is 6.08 Å². The number of carbonyl (C=O) groups excluding carboxylic acids is 1. The maximum atomic E-state index is 12.5. The normalized spacial score (nSPS) is 11.9. The number of phenols is 1. The molecule has 30 heavy (non-hydrogen) atoms. The van der Waals surface area contributed by atoms with Crippen LogP contribution >= 0.6 is 0 Å². The van der Waals surface area contributed by atoms with Gasteiger partial charge in [0.25, 0.3) is 0 Å². The number of hydrogen-bond donors (Lipinski definition) is 2. The number of carbonyl (C=O) groups is 1. The highest BCUT2D eigenvalue weighted by molar-refractivity contribution is 7.89. The highest BCUT2D eigenvalue weighted by atomic mass is 32.2. The van der Waals surface area contributed by atoms with Crippen molar-refractivity contribution < 1.29 is 18.3 Å². The summed E-state index contributed by atoms with van der Waals surface area (Å²) < 4.78 is 22.6. The van der Waals surface area contributed by atoms with Gasteiger partial charge in [0.1, 0.15) is 11.4 Å². The molecule has 0 saturated heterocycles. The predicted molar refractivity (Wildman–Crippen MR) is 115 cm³/mol. The smallest absolute Gasteiger partial charge is 0.238 e. The van der Waals surface area contributed by atoms with Gasteiger partial charge >= 0.3 is 0 Å². The molecule has 0 aromatic heterocycles. The molecule has 3 rings (SSSR count). The van der Waals surface area contributed by atoms with Gasteiger partial charge in [-0.1, -0.05) is 35.9 Å². The third-order valence-corrected chi connectivity index (χ3v) is 5.10. The van der Waals surface area contributed by atoms with Crippen molar-refractivity contribution in [3.05, 3.63) is 89.5 Å². The lowest BCUT2D eigenvalue weighted by atomic mass is 10.1. The molecule has 0 fully saturated rings. The first-order chi connectivity index (χ1) is 14.2. The minimum atomic E-state index is -3.79. The third-order valence-electron chi connectivity index (χ3n) is 4.17. The summed E-state index contributed by atoms with van der Waals surface area (Å²) in [5.41, 5.74) is 2.81. The van der Waals surface area contributed by atoms with Crippen LogP contribution in [0.3, 0.4) is 0 Å². The summed E-state index contributed by atoms with van der Waals surface area (Å²) in [4.78, 5) is 12.4. The molecular weight excluding hydrogens is 402 g/mol. The molecule has 152 valence electrons. The van der Waals surface area contributed by atoms with E-state index in [1.165, 1.54) is 48.5 Å². The topological polar surface area (TPSA) is 122 Å². The van der Waals surface area contributed by atoms with E-state index >= 15 is 0 Å². The molecule has 0 atom stereocenters. The molecule has 0 unspecified atom stereocenters. The molecular formula is C22H19N3O4S. The lowest BCUT2D eigenvalue weighted by molar-refractivity contribution is 0.104. The Hall–Kier alpha value is -3.62. The van der Waals surface area contributed by atoms with Crippen LogP contribution in [0, 0.1) is 6.92 Å². The number of azo groups is 1. The van der Waals surface area contributed by atoms with Crippen LogP contribution in [0.1, 0.15) is 21.5 Å².